The first-order valence-electron chi connectivity index (χ1n) is 8.72. The van der Waals surface area contributed by atoms with Crippen LogP contribution in [0.3, 0.4) is 0 Å². The van der Waals surface area contributed by atoms with Gasteiger partial charge in [0.1, 0.15) is 24.4 Å². The van der Waals surface area contributed by atoms with Gasteiger partial charge in [-0.1, -0.05) is 25.1 Å². The summed E-state index contributed by atoms with van der Waals surface area (Å²) >= 11 is 0. The summed E-state index contributed by atoms with van der Waals surface area (Å²) < 4.78 is 6.86. The third-order valence-electron chi connectivity index (χ3n) is 5.35. The van der Waals surface area contributed by atoms with Crippen molar-refractivity contribution in [3.05, 3.63) is 53.1 Å². The molecule has 1 aliphatic rings. The number of aliphatic carboxylic acids is 1. The number of carboxylic acids is 1. The number of rotatable bonds is 4. The molecule has 2 heterocycles. The molecular formula is C19H23N2NaO6. The molecule has 8 nitrogen and oxygen atoms in total. The molecule has 1 aliphatic heterocycles. The number of benzene rings is 1. The number of aryl methyl sites for hydroxylation is 1. The van der Waals surface area contributed by atoms with E-state index in [1.54, 1.807) is 6.20 Å². The third kappa shape index (κ3) is 4.04. The number of carbonyl (C=O) groups excluding carboxylic acids is 1. The van der Waals surface area contributed by atoms with Gasteiger partial charge in [0.25, 0.3) is 0 Å². The second kappa shape index (κ2) is 9.04. The van der Waals surface area contributed by atoms with Crippen molar-refractivity contribution >= 4 is 5.97 Å². The topological polar surface area (TPSA) is 128 Å². The Kier molecular flexibility index (Phi) is 7.44. The summed E-state index contributed by atoms with van der Waals surface area (Å²) in [6, 6.07) is 5.96. The Hall–Kier alpha value is -1.26. The van der Waals surface area contributed by atoms with E-state index >= 15 is 0 Å². The van der Waals surface area contributed by atoms with Crippen LogP contribution in [0.25, 0.3) is 0 Å². The zero-order valence-corrected chi connectivity index (χ0v) is 18.3. The zero-order chi connectivity index (χ0) is 19.9. The van der Waals surface area contributed by atoms with Gasteiger partial charge in [-0.05, 0) is 30.5 Å². The fourth-order valence-electron chi connectivity index (χ4n) is 3.55. The van der Waals surface area contributed by atoms with Crippen LogP contribution in [0.4, 0.5) is 0 Å². The van der Waals surface area contributed by atoms with Gasteiger partial charge in [-0.15, -0.1) is 0 Å². The maximum absolute atomic E-state index is 11.2. The molecule has 0 radical (unpaired) electrons. The minimum absolute atomic E-state index is 0. The molecule has 6 atom stereocenters. The van der Waals surface area contributed by atoms with Crippen LogP contribution in [-0.2, 0) is 9.53 Å². The van der Waals surface area contributed by atoms with E-state index in [4.69, 9.17) is 4.74 Å². The van der Waals surface area contributed by atoms with E-state index in [-0.39, 0.29) is 35.5 Å². The van der Waals surface area contributed by atoms with Gasteiger partial charge < -0.3 is 34.5 Å². The first-order valence-corrected chi connectivity index (χ1v) is 8.72. The van der Waals surface area contributed by atoms with Crippen molar-refractivity contribution in [1.82, 2.24) is 9.55 Å². The van der Waals surface area contributed by atoms with Crippen LogP contribution in [0.5, 0.6) is 0 Å². The summed E-state index contributed by atoms with van der Waals surface area (Å²) in [4.78, 5) is 15.3. The SMILES string of the molecule is Cc1cccc([C@H](C)c2cncn2C2O[C@H](C(=O)[O-])[C@@H](O)[C@H](O)[C@H]2O)c1C.[Na+]. The smallest absolute Gasteiger partial charge is 0.547 e. The Balaban J connectivity index is 0.00000280. The van der Waals surface area contributed by atoms with Gasteiger partial charge in [0.2, 0.25) is 0 Å². The molecule has 1 fully saturated rings. The molecular weight excluding hydrogens is 375 g/mol. The summed E-state index contributed by atoms with van der Waals surface area (Å²) in [7, 11) is 0. The van der Waals surface area contributed by atoms with Gasteiger partial charge >= 0.3 is 29.6 Å². The van der Waals surface area contributed by atoms with Gasteiger partial charge in [0.05, 0.1) is 12.3 Å². The van der Waals surface area contributed by atoms with Crippen LogP contribution in [0.15, 0.2) is 30.7 Å². The standard InChI is InChI=1S/C19H24N2O6.Na/c1-9-5-4-6-12(10(9)2)11(3)13-7-20-8-21(13)18-16(24)14(22)15(23)17(27-18)19(25)26;/h4-8,11,14-18,22-24H,1-3H3,(H,25,26);/q;+1/p-1/t11-,14-,15-,16+,17-,18?;/m0./s1. The number of aliphatic hydroxyl groups is 3. The number of hydrogen-bond donors (Lipinski definition) is 3. The minimum atomic E-state index is -1.79. The molecule has 0 amide bonds. The molecule has 9 heteroatoms. The Morgan fingerprint density at radius 1 is 1.21 bits per heavy atom. The van der Waals surface area contributed by atoms with Crippen LogP contribution >= 0.6 is 0 Å². The molecule has 146 valence electrons. The summed E-state index contributed by atoms with van der Waals surface area (Å²) in [5.74, 6) is -1.80. The minimum Gasteiger partial charge on any atom is -0.547 e. The van der Waals surface area contributed by atoms with Crippen LogP contribution in [-0.4, -0.2) is 55.3 Å². The third-order valence-corrected chi connectivity index (χ3v) is 5.35. The number of hydrogen-bond acceptors (Lipinski definition) is 7. The maximum Gasteiger partial charge on any atom is 1.00 e. The van der Waals surface area contributed by atoms with Crippen molar-refractivity contribution in [3.63, 3.8) is 0 Å². The Morgan fingerprint density at radius 3 is 2.54 bits per heavy atom. The van der Waals surface area contributed by atoms with Crippen molar-refractivity contribution in [3.8, 4) is 0 Å². The first-order chi connectivity index (χ1) is 12.7. The average Bonchev–Trinajstić information content (AvgIpc) is 3.11. The summed E-state index contributed by atoms with van der Waals surface area (Å²) in [6.45, 7) is 5.99. The first kappa shape index (κ1) is 23.0. The molecule has 1 unspecified atom stereocenters. The zero-order valence-electron chi connectivity index (χ0n) is 16.3. The molecule has 1 aromatic heterocycles. The van der Waals surface area contributed by atoms with E-state index in [2.05, 4.69) is 4.98 Å². The number of aromatic nitrogens is 2. The fourth-order valence-corrected chi connectivity index (χ4v) is 3.55. The second-order valence-corrected chi connectivity index (χ2v) is 6.97. The Morgan fingerprint density at radius 2 is 1.89 bits per heavy atom. The number of ether oxygens (including phenoxy) is 1. The summed E-state index contributed by atoms with van der Waals surface area (Å²) in [5, 5.41) is 41.5. The van der Waals surface area contributed by atoms with E-state index in [9.17, 15) is 25.2 Å². The second-order valence-electron chi connectivity index (χ2n) is 6.97. The van der Waals surface area contributed by atoms with Crippen molar-refractivity contribution in [2.75, 3.05) is 0 Å². The average molecular weight is 398 g/mol. The molecule has 0 bridgehead atoms. The predicted molar refractivity (Wildman–Crippen MR) is 92.6 cm³/mol. The van der Waals surface area contributed by atoms with E-state index in [1.165, 1.54) is 10.9 Å². The van der Waals surface area contributed by atoms with E-state index < -0.39 is 36.6 Å². The monoisotopic (exact) mass is 398 g/mol. The van der Waals surface area contributed by atoms with Gasteiger partial charge in [-0.2, -0.15) is 0 Å². The molecule has 3 rings (SSSR count). The van der Waals surface area contributed by atoms with Crippen molar-refractivity contribution < 1.29 is 59.5 Å². The summed E-state index contributed by atoms with van der Waals surface area (Å²) in [5.41, 5.74) is 3.98. The number of aliphatic hydroxyl groups excluding tert-OH is 3. The molecule has 2 aromatic rings. The van der Waals surface area contributed by atoms with Crippen molar-refractivity contribution in [1.29, 1.82) is 0 Å². The number of carboxylic acid groups (broad SMARTS) is 1. The normalized spacial score (nSPS) is 28.4. The van der Waals surface area contributed by atoms with E-state index in [0.717, 1.165) is 16.7 Å². The van der Waals surface area contributed by atoms with Gasteiger partial charge in [-0.25, -0.2) is 4.98 Å². The number of nitrogens with zero attached hydrogens (tertiary/aromatic N) is 2. The van der Waals surface area contributed by atoms with E-state index in [1.807, 2.05) is 39.0 Å². The van der Waals surface area contributed by atoms with Crippen molar-refractivity contribution in [2.45, 2.75) is 57.3 Å². The van der Waals surface area contributed by atoms with Gasteiger partial charge in [-0.3, -0.25) is 0 Å². The maximum atomic E-state index is 11.2. The van der Waals surface area contributed by atoms with Gasteiger partial charge in [0, 0.05) is 17.8 Å². The summed E-state index contributed by atoms with van der Waals surface area (Å²) in [6.07, 6.45) is -5.00. The van der Waals surface area contributed by atoms with E-state index in [0.29, 0.717) is 5.69 Å². The molecule has 0 saturated carbocycles. The predicted octanol–water partition coefficient (Wildman–Crippen LogP) is -3.61. The molecule has 1 aromatic carbocycles. The van der Waals surface area contributed by atoms with Gasteiger partial charge in [0.15, 0.2) is 6.23 Å². The Labute approximate surface area is 185 Å². The van der Waals surface area contributed by atoms with Crippen LogP contribution in [0.2, 0.25) is 0 Å². The number of imidazole rings is 1. The number of carbonyl (C=O) groups is 1. The van der Waals surface area contributed by atoms with Crippen molar-refractivity contribution in [2.24, 2.45) is 0 Å². The quantitative estimate of drug-likeness (QED) is 0.454. The molecule has 1 saturated heterocycles. The Bertz CT molecular complexity index is 842. The largest absolute Gasteiger partial charge is 1.00 e. The molecule has 3 N–H and O–H groups in total. The van der Waals surface area contributed by atoms with Crippen LogP contribution < -0.4 is 34.7 Å². The molecule has 28 heavy (non-hydrogen) atoms. The fraction of sp³-hybridized carbons (Fsp3) is 0.474. The van der Waals surface area contributed by atoms with Crippen LogP contribution in [0, 0.1) is 13.8 Å². The van der Waals surface area contributed by atoms with Crippen LogP contribution in [0.1, 0.15) is 41.5 Å². The molecule has 0 aliphatic carbocycles. The molecule has 0 spiro atoms.